The Labute approximate surface area is 71.2 Å². The average Bonchev–Trinajstić information content (AvgIpc) is 2.80. The number of nitrogens with one attached hydrogen (secondary N) is 1. The summed E-state index contributed by atoms with van der Waals surface area (Å²) < 4.78 is 0. The van der Waals surface area contributed by atoms with E-state index in [1.807, 2.05) is 6.07 Å². The molecule has 3 nitrogen and oxygen atoms in total. The second kappa shape index (κ2) is 2.04. The summed E-state index contributed by atoms with van der Waals surface area (Å²) in [6.07, 6.45) is 3.04. The van der Waals surface area contributed by atoms with Crippen LogP contribution in [0.2, 0.25) is 0 Å². The molecule has 1 atom stereocenters. The Morgan fingerprint density at radius 1 is 1.50 bits per heavy atom. The predicted octanol–water partition coefficient (Wildman–Crippen LogP) is 0.554. The minimum atomic E-state index is 0.579. The third kappa shape index (κ3) is 0.743. The van der Waals surface area contributed by atoms with E-state index in [-0.39, 0.29) is 0 Å². The lowest BCUT2D eigenvalue weighted by atomic mass is 9.95. The van der Waals surface area contributed by atoms with Gasteiger partial charge in [-0.1, -0.05) is 0 Å². The lowest BCUT2D eigenvalue weighted by Gasteiger charge is -2.28. The SMILES string of the molecule is c1cnnc(C2CC23CNC3)c1. The summed E-state index contributed by atoms with van der Waals surface area (Å²) in [5, 5.41) is 11.4. The fourth-order valence-corrected chi connectivity index (χ4v) is 2.10. The van der Waals surface area contributed by atoms with Crippen molar-refractivity contribution in [2.24, 2.45) is 5.41 Å². The first-order valence-electron chi connectivity index (χ1n) is 4.39. The van der Waals surface area contributed by atoms with Crippen LogP contribution in [0.4, 0.5) is 0 Å². The van der Waals surface area contributed by atoms with Crippen LogP contribution in [0.25, 0.3) is 0 Å². The van der Waals surface area contributed by atoms with Crippen LogP contribution in [-0.4, -0.2) is 23.3 Å². The van der Waals surface area contributed by atoms with Crippen molar-refractivity contribution in [1.82, 2.24) is 15.5 Å². The fraction of sp³-hybridized carbons (Fsp3) is 0.556. The molecule has 1 saturated heterocycles. The van der Waals surface area contributed by atoms with Gasteiger partial charge in [0.2, 0.25) is 0 Å². The summed E-state index contributed by atoms with van der Waals surface area (Å²) >= 11 is 0. The van der Waals surface area contributed by atoms with Gasteiger partial charge < -0.3 is 5.32 Å². The van der Waals surface area contributed by atoms with Gasteiger partial charge >= 0.3 is 0 Å². The molecule has 1 aliphatic heterocycles. The summed E-state index contributed by atoms with van der Waals surface area (Å²) in [7, 11) is 0. The first-order valence-corrected chi connectivity index (χ1v) is 4.39. The van der Waals surface area contributed by atoms with E-state index in [1.165, 1.54) is 25.2 Å². The fourth-order valence-electron chi connectivity index (χ4n) is 2.10. The Hall–Kier alpha value is -0.960. The van der Waals surface area contributed by atoms with Gasteiger partial charge in [-0.25, -0.2) is 0 Å². The van der Waals surface area contributed by atoms with Gasteiger partial charge in [0.05, 0.1) is 5.69 Å². The van der Waals surface area contributed by atoms with E-state index in [0.717, 1.165) is 0 Å². The van der Waals surface area contributed by atoms with E-state index in [9.17, 15) is 0 Å². The molecule has 1 unspecified atom stereocenters. The largest absolute Gasteiger partial charge is 0.315 e. The molecule has 0 amide bonds. The van der Waals surface area contributed by atoms with Crippen molar-refractivity contribution in [3.05, 3.63) is 24.0 Å². The molecule has 0 radical (unpaired) electrons. The zero-order valence-corrected chi connectivity index (χ0v) is 6.83. The van der Waals surface area contributed by atoms with E-state index < -0.39 is 0 Å². The van der Waals surface area contributed by atoms with Crippen LogP contribution in [0.1, 0.15) is 18.0 Å². The molecular weight excluding hydrogens is 150 g/mol. The monoisotopic (exact) mass is 161 g/mol. The number of hydrogen-bond acceptors (Lipinski definition) is 3. The van der Waals surface area contributed by atoms with E-state index in [0.29, 0.717) is 11.3 Å². The van der Waals surface area contributed by atoms with Crippen LogP contribution >= 0.6 is 0 Å². The molecule has 1 aliphatic carbocycles. The normalized spacial score (nSPS) is 29.8. The Morgan fingerprint density at radius 2 is 2.42 bits per heavy atom. The molecule has 0 bridgehead atoms. The highest BCUT2D eigenvalue weighted by Crippen LogP contribution is 2.60. The molecule has 12 heavy (non-hydrogen) atoms. The van der Waals surface area contributed by atoms with Gasteiger partial charge in [0.25, 0.3) is 0 Å². The molecule has 2 heterocycles. The summed E-state index contributed by atoms with van der Waals surface area (Å²) in [6.45, 7) is 2.35. The standard InChI is InChI=1S/C9H11N3/c1-2-8(12-11-3-1)7-4-9(7)5-10-6-9/h1-3,7,10H,4-6H2. The Bertz CT molecular complexity index is 292. The van der Waals surface area contributed by atoms with E-state index >= 15 is 0 Å². The lowest BCUT2D eigenvalue weighted by molar-refractivity contribution is 0.310. The van der Waals surface area contributed by atoms with Crippen molar-refractivity contribution in [2.75, 3.05) is 13.1 Å². The maximum atomic E-state index is 4.14. The van der Waals surface area contributed by atoms with Gasteiger partial charge in [-0.3, -0.25) is 0 Å². The molecular formula is C9H11N3. The minimum Gasteiger partial charge on any atom is -0.315 e. The molecule has 1 aromatic heterocycles. The van der Waals surface area contributed by atoms with Gasteiger partial charge in [-0.15, -0.1) is 0 Å². The lowest BCUT2D eigenvalue weighted by Crippen LogP contribution is -2.45. The predicted molar refractivity (Wildman–Crippen MR) is 44.7 cm³/mol. The van der Waals surface area contributed by atoms with Crippen LogP contribution in [0.3, 0.4) is 0 Å². The van der Waals surface area contributed by atoms with Crippen molar-refractivity contribution in [3.8, 4) is 0 Å². The van der Waals surface area contributed by atoms with Crippen molar-refractivity contribution in [3.63, 3.8) is 0 Å². The number of nitrogens with zero attached hydrogens (tertiary/aromatic N) is 2. The van der Waals surface area contributed by atoms with Gasteiger partial charge in [-0.05, 0) is 18.6 Å². The van der Waals surface area contributed by atoms with E-state index in [2.05, 4.69) is 21.6 Å². The maximum absolute atomic E-state index is 4.14. The topological polar surface area (TPSA) is 37.8 Å². The van der Waals surface area contributed by atoms with Gasteiger partial charge in [-0.2, -0.15) is 10.2 Å². The van der Waals surface area contributed by atoms with Crippen LogP contribution in [0, 0.1) is 5.41 Å². The number of aromatic nitrogens is 2. The van der Waals surface area contributed by atoms with Gasteiger partial charge in [0, 0.05) is 30.6 Å². The van der Waals surface area contributed by atoms with Crippen molar-refractivity contribution >= 4 is 0 Å². The second-order valence-corrected chi connectivity index (χ2v) is 3.87. The summed E-state index contributed by atoms with van der Waals surface area (Å²) in [5.41, 5.74) is 1.76. The highest BCUT2D eigenvalue weighted by Gasteiger charge is 2.59. The molecule has 0 aromatic carbocycles. The second-order valence-electron chi connectivity index (χ2n) is 3.87. The van der Waals surface area contributed by atoms with Gasteiger partial charge in [0.1, 0.15) is 0 Å². The highest BCUT2D eigenvalue weighted by atomic mass is 15.1. The molecule has 1 spiro atoms. The maximum Gasteiger partial charge on any atom is 0.0668 e. The third-order valence-electron chi connectivity index (χ3n) is 3.09. The molecule has 3 rings (SSSR count). The molecule has 2 aliphatic rings. The molecule has 3 heteroatoms. The average molecular weight is 161 g/mol. The molecule has 62 valence electrons. The smallest absolute Gasteiger partial charge is 0.0668 e. The summed E-state index contributed by atoms with van der Waals surface area (Å²) in [5.74, 6) is 0.687. The molecule has 2 fully saturated rings. The van der Waals surface area contributed by atoms with E-state index in [1.54, 1.807) is 6.20 Å². The molecule has 1 aromatic rings. The molecule has 1 saturated carbocycles. The zero-order valence-electron chi connectivity index (χ0n) is 6.83. The first-order chi connectivity index (χ1) is 5.91. The van der Waals surface area contributed by atoms with Crippen molar-refractivity contribution in [2.45, 2.75) is 12.3 Å². The zero-order chi connectivity index (χ0) is 8.02. The quantitative estimate of drug-likeness (QED) is 0.653. The number of rotatable bonds is 1. The third-order valence-corrected chi connectivity index (χ3v) is 3.09. The molecule has 1 N–H and O–H groups in total. The van der Waals surface area contributed by atoms with Crippen molar-refractivity contribution < 1.29 is 0 Å². The van der Waals surface area contributed by atoms with Crippen LogP contribution in [-0.2, 0) is 0 Å². The first kappa shape index (κ1) is 6.54. The Morgan fingerprint density at radius 3 is 2.92 bits per heavy atom. The van der Waals surface area contributed by atoms with Crippen molar-refractivity contribution in [1.29, 1.82) is 0 Å². The van der Waals surface area contributed by atoms with E-state index in [4.69, 9.17) is 0 Å². The van der Waals surface area contributed by atoms with Gasteiger partial charge in [0.15, 0.2) is 0 Å². The van der Waals surface area contributed by atoms with Crippen LogP contribution < -0.4 is 5.32 Å². The Kier molecular flexibility index (Phi) is 1.11. The summed E-state index contributed by atoms with van der Waals surface area (Å²) in [4.78, 5) is 0. The minimum absolute atomic E-state index is 0.579. The van der Waals surface area contributed by atoms with Crippen LogP contribution in [0.5, 0.6) is 0 Å². The summed E-state index contributed by atoms with van der Waals surface area (Å²) in [6, 6.07) is 4.06. The highest BCUT2D eigenvalue weighted by molar-refractivity contribution is 5.26. The Balaban J connectivity index is 1.85. The van der Waals surface area contributed by atoms with Crippen LogP contribution in [0.15, 0.2) is 18.3 Å². The number of hydrogen-bond donors (Lipinski definition) is 1.